The second-order valence-corrected chi connectivity index (χ2v) is 16.9. The van der Waals surface area contributed by atoms with E-state index in [1.54, 1.807) is 0 Å². The molecule has 0 aromatic heterocycles. The number of hydrogen-bond acceptors (Lipinski definition) is 2. The molecule has 0 radical (unpaired) electrons. The summed E-state index contributed by atoms with van der Waals surface area (Å²) in [7, 11) is 2.34. The lowest BCUT2D eigenvalue weighted by Gasteiger charge is -2.16. The van der Waals surface area contributed by atoms with Crippen LogP contribution in [0.5, 0.6) is 0 Å². The van der Waals surface area contributed by atoms with Crippen molar-refractivity contribution in [1.29, 1.82) is 0 Å². The zero-order valence-electron chi connectivity index (χ0n) is 36.9. The highest BCUT2D eigenvalue weighted by Crippen LogP contribution is 2.16. The quantitative estimate of drug-likeness (QED) is 0.0633. The summed E-state index contributed by atoms with van der Waals surface area (Å²) >= 11 is 0. The van der Waals surface area contributed by atoms with Crippen molar-refractivity contribution in [2.24, 2.45) is 0 Å². The van der Waals surface area contributed by atoms with Crippen LogP contribution in [0.1, 0.15) is 290 Å². The highest BCUT2D eigenvalue weighted by Gasteiger charge is 2.00. The van der Waals surface area contributed by atoms with Gasteiger partial charge < -0.3 is 10.0 Å². The van der Waals surface area contributed by atoms with Crippen LogP contribution in [0.2, 0.25) is 0 Å². The number of nitrogens with zero attached hydrogens (tertiary/aromatic N) is 1. The molecule has 0 aliphatic rings. The van der Waals surface area contributed by atoms with Crippen LogP contribution in [-0.2, 0) is 4.79 Å². The first-order chi connectivity index (χ1) is 25.6. The Labute approximate surface area is 330 Å². The number of aliphatic carboxylic acids is 1. The van der Waals surface area contributed by atoms with Crippen LogP contribution < -0.4 is 0 Å². The molecule has 0 saturated heterocycles. The van der Waals surface area contributed by atoms with Gasteiger partial charge >= 0.3 is 5.97 Å². The lowest BCUT2D eigenvalue weighted by molar-refractivity contribution is -0.137. The third-order valence-electron chi connectivity index (χ3n) is 11.3. The fourth-order valence-electron chi connectivity index (χ4n) is 7.56. The van der Waals surface area contributed by atoms with E-state index >= 15 is 0 Å². The molecule has 0 amide bonds. The first-order valence-electron chi connectivity index (χ1n) is 24.5. The summed E-state index contributed by atoms with van der Waals surface area (Å²) in [6.07, 6.45) is 58.3. The predicted octanol–water partition coefficient (Wildman–Crippen LogP) is 17.4. The van der Waals surface area contributed by atoms with Crippen molar-refractivity contribution in [2.45, 2.75) is 290 Å². The van der Waals surface area contributed by atoms with Gasteiger partial charge in [-0.25, -0.2) is 0 Å². The van der Waals surface area contributed by atoms with Gasteiger partial charge in [0.15, 0.2) is 0 Å². The molecule has 0 aliphatic carbocycles. The Morgan fingerprint density at radius 2 is 0.481 bits per heavy atom. The summed E-state index contributed by atoms with van der Waals surface area (Å²) < 4.78 is 0. The van der Waals surface area contributed by atoms with Crippen molar-refractivity contribution in [1.82, 2.24) is 4.90 Å². The summed E-state index contributed by atoms with van der Waals surface area (Å²) in [6, 6.07) is 0. The highest BCUT2D eigenvalue weighted by molar-refractivity contribution is 5.66. The zero-order valence-corrected chi connectivity index (χ0v) is 36.9. The van der Waals surface area contributed by atoms with Gasteiger partial charge in [-0.2, -0.15) is 0 Å². The maximum Gasteiger partial charge on any atom is 0.303 e. The van der Waals surface area contributed by atoms with Crippen LogP contribution >= 0.6 is 0 Å². The van der Waals surface area contributed by atoms with E-state index in [2.05, 4.69) is 32.7 Å². The van der Waals surface area contributed by atoms with Crippen molar-refractivity contribution in [3.63, 3.8) is 0 Å². The van der Waals surface area contributed by atoms with E-state index in [1.165, 1.54) is 264 Å². The Kier molecular flexibility index (Phi) is 51.9. The third kappa shape index (κ3) is 53.8. The molecule has 0 aromatic carbocycles. The van der Waals surface area contributed by atoms with E-state index in [0.717, 1.165) is 12.8 Å². The number of carboxylic acid groups (broad SMARTS) is 1. The standard InChI is InChI=1S/C37H77N.C12H24O2/c1-4-6-8-10-12-14-16-18-20-22-24-26-28-30-32-34-36-38(3)37-35-33-31-29-27-25-23-21-19-17-15-13-11-9-7-5-2;1-2-3-4-5-6-7-8-9-10-11-12(13)14/h4-37H2,1-3H3;2-11H2,1H3,(H,13,14). The van der Waals surface area contributed by atoms with Crippen LogP contribution in [0.25, 0.3) is 0 Å². The van der Waals surface area contributed by atoms with Gasteiger partial charge in [-0.05, 0) is 39.4 Å². The molecule has 0 atom stereocenters. The Bertz CT molecular complexity index is 586. The largest absolute Gasteiger partial charge is 0.481 e. The van der Waals surface area contributed by atoms with Gasteiger partial charge in [-0.3, -0.25) is 4.79 Å². The lowest BCUT2D eigenvalue weighted by atomic mass is 10.0. The molecule has 0 rings (SSSR count). The highest BCUT2D eigenvalue weighted by atomic mass is 16.4. The third-order valence-corrected chi connectivity index (χ3v) is 11.3. The number of carboxylic acids is 1. The van der Waals surface area contributed by atoms with Crippen molar-refractivity contribution < 1.29 is 9.90 Å². The minimum Gasteiger partial charge on any atom is -0.481 e. The first-order valence-corrected chi connectivity index (χ1v) is 24.5. The average molecular weight is 736 g/mol. The molecule has 0 bridgehead atoms. The second-order valence-electron chi connectivity index (χ2n) is 16.9. The molecule has 3 nitrogen and oxygen atoms in total. The monoisotopic (exact) mass is 736 g/mol. The minimum absolute atomic E-state index is 0.343. The predicted molar refractivity (Wildman–Crippen MR) is 236 cm³/mol. The SMILES string of the molecule is CCCCCCCCCCCC(=O)O.CCCCCCCCCCCCCCCCCCN(C)CCCCCCCCCCCCCCCCCC. The molecule has 314 valence electrons. The molecule has 0 aliphatic heterocycles. The van der Waals surface area contributed by atoms with E-state index in [4.69, 9.17) is 5.11 Å². The van der Waals surface area contributed by atoms with Gasteiger partial charge in [0.2, 0.25) is 0 Å². The van der Waals surface area contributed by atoms with E-state index in [9.17, 15) is 4.79 Å². The number of hydrogen-bond donors (Lipinski definition) is 1. The topological polar surface area (TPSA) is 40.5 Å². The normalized spacial score (nSPS) is 11.3. The Morgan fingerprint density at radius 3 is 0.673 bits per heavy atom. The summed E-state index contributed by atoms with van der Waals surface area (Å²) in [5.41, 5.74) is 0. The average Bonchev–Trinajstić information content (AvgIpc) is 3.14. The molecule has 0 heterocycles. The molecule has 0 fully saturated rings. The first kappa shape index (κ1) is 53.5. The molecule has 1 N–H and O–H groups in total. The van der Waals surface area contributed by atoms with Gasteiger partial charge in [-0.1, -0.05) is 265 Å². The van der Waals surface area contributed by atoms with E-state index in [-0.39, 0.29) is 0 Å². The van der Waals surface area contributed by atoms with Crippen LogP contribution in [0.15, 0.2) is 0 Å². The van der Waals surface area contributed by atoms with Crippen LogP contribution in [0.3, 0.4) is 0 Å². The van der Waals surface area contributed by atoms with Crippen molar-refractivity contribution in [3.05, 3.63) is 0 Å². The van der Waals surface area contributed by atoms with Crippen LogP contribution in [0, 0.1) is 0 Å². The summed E-state index contributed by atoms with van der Waals surface area (Å²) in [6.45, 7) is 9.48. The fraction of sp³-hybridized carbons (Fsp3) is 0.980. The van der Waals surface area contributed by atoms with Crippen LogP contribution in [0.4, 0.5) is 0 Å². The van der Waals surface area contributed by atoms with Crippen molar-refractivity contribution in [2.75, 3.05) is 20.1 Å². The van der Waals surface area contributed by atoms with Crippen molar-refractivity contribution >= 4 is 5.97 Å². The van der Waals surface area contributed by atoms with Gasteiger partial charge in [0.05, 0.1) is 0 Å². The molecule has 0 spiro atoms. The number of rotatable bonds is 44. The Morgan fingerprint density at radius 1 is 0.308 bits per heavy atom. The molecule has 52 heavy (non-hydrogen) atoms. The van der Waals surface area contributed by atoms with Crippen LogP contribution in [-0.4, -0.2) is 36.1 Å². The Balaban J connectivity index is 0. The van der Waals surface area contributed by atoms with Gasteiger partial charge in [0.25, 0.3) is 0 Å². The maximum absolute atomic E-state index is 10.2. The van der Waals surface area contributed by atoms with Gasteiger partial charge in [0.1, 0.15) is 0 Å². The van der Waals surface area contributed by atoms with Gasteiger partial charge in [-0.15, -0.1) is 0 Å². The van der Waals surface area contributed by atoms with E-state index in [0.29, 0.717) is 6.42 Å². The number of unbranched alkanes of at least 4 members (excludes halogenated alkanes) is 38. The van der Waals surface area contributed by atoms with E-state index in [1.807, 2.05) is 0 Å². The molecule has 0 saturated carbocycles. The molecular weight excluding hydrogens is 635 g/mol. The Hall–Kier alpha value is -0.570. The summed E-state index contributed by atoms with van der Waals surface area (Å²) in [5, 5.41) is 8.41. The second kappa shape index (κ2) is 50.4. The summed E-state index contributed by atoms with van der Waals surface area (Å²) in [4.78, 5) is 12.8. The molecule has 0 unspecified atom stereocenters. The molecule has 3 heteroatoms. The fourth-order valence-corrected chi connectivity index (χ4v) is 7.56. The zero-order chi connectivity index (χ0) is 38.3. The minimum atomic E-state index is -0.659. The summed E-state index contributed by atoms with van der Waals surface area (Å²) in [5.74, 6) is -0.659. The maximum atomic E-state index is 10.2. The lowest BCUT2D eigenvalue weighted by Crippen LogP contribution is -2.20. The molecular formula is C49H101NO2. The van der Waals surface area contributed by atoms with E-state index < -0.39 is 5.97 Å². The number of carbonyl (C=O) groups is 1. The molecule has 0 aromatic rings. The van der Waals surface area contributed by atoms with Gasteiger partial charge in [0, 0.05) is 6.42 Å². The smallest absolute Gasteiger partial charge is 0.303 e. The van der Waals surface area contributed by atoms with Crippen molar-refractivity contribution in [3.8, 4) is 0 Å².